The van der Waals surface area contributed by atoms with Crippen LogP contribution in [0.4, 0.5) is 0 Å². The van der Waals surface area contributed by atoms with E-state index in [1.165, 1.54) is 0 Å². The van der Waals surface area contributed by atoms with Gasteiger partial charge in [0.25, 0.3) is 0 Å². The Morgan fingerprint density at radius 1 is 1.17 bits per heavy atom. The highest BCUT2D eigenvalue weighted by Gasteiger charge is 2.29. The van der Waals surface area contributed by atoms with E-state index in [1.807, 2.05) is 6.92 Å². The predicted octanol–water partition coefficient (Wildman–Crippen LogP) is 1.16. The molecule has 1 saturated carbocycles. The molecule has 3 N–H and O–H groups in total. The molecule has 3 unspecified atom stereocenters. The zero-order valence-corrected chi connectivity index (χ0v) is 11.9. The quantitative estimate of drug-likeness (QED) is 0.551. The molecule has 0 aliphatic heterocycles. The number of aliphatic hydroxyl groups excluding tert-OH is 2. The summed E-state index contributed by atoms with van der Waals surface area (Å²) in [7, 11) is 0. The van der Waals surface area contributed by atoms with Gasteiger partial charge in [-0.1, -0.05) is 13.8 Å². The Bertz CT molecular complexity index is 219. The summed E-state index contributed by atoms with van der Waals surface area (Å²) in [5.74, 6) is 1.10. The fraction of sp³-hybridized carbons (Fsp3) is 1.00. The van der Waals surface area contributed by atoms with E-state index in [9.17, 15) is 10.2 Å². The minimum absolute atomic E-state index is 0.191. The second-order valence-electron chi connectivity index (χ2n) is 5.99. The molecule has 0 amide bonds. The molecule has 1 aliphatic carbocycles. The van der Waals surface area contributed by atoms with Crippen molar-refractivity contribution in [1.82, 2.24) is 5.32 Å². The van der Waals surface area contributed by atoms with E-state index in [4.69, 9.17) is 4.74 Å². The molecule has 18 heavy (non-hydrogen) atoms. The van der Waals surface area contributed by atoms with Gasteiger partial charge < -0.3 is 20.3 Å². The standard InChI is InChI=1S/C14H29NO3/c1-10(2)6-11(3)18-9-13(16)7-15-8-14(17)12-4-5-12/h10-17H,4-9H2,1-3H3. The maximum atomic E-state index is 9.73. The second-order valence-corrected chi connectivity index (χ2v) is 5.99. The molecular formula is C14H29NO3. The monoisotopic (exact) mass is 259 g/mol. The third-order valence-corrected chi connectivity index (χ3v) is 3.28. The minimum atomic E-state index is -0.494. The number of aliphatic hydroxyl groups is 2. The normalized spacial score (nSPS) is 21.0. The minimum Gasteiger partial charge on any atom is -0.392 e. The molecule has 0 saturated heterocycles. The van der Waals surface area contributed by atoms with Crippen molar-refractivity contribution in [3.05, 3.63) is 0 Å². The molecule has 4 heteroatoms. The smallest absolute Gasteiger partial charge is 0.0897 e. The number of hydrogen-bond acceptors (Lipinski definition) is 4. The maximum absolute atomic E-state index is 9.73. The van der Waals surface area contributed by atoms with Crippen molar-refractivity contribution >= 4 is 0 Å². The first-order valence-electron chi connectivity index (χ1n) is 7.17. The Kier molecular flexibility index (Phi) is 7.15. The lowest BCUT2D eigenvalue weighted by Gasteiger charge is -2.19. The summed E-state index contributed by atoms with van der Waals surface area (Å²) < 4.78 is 5.58. The molecule has 108 valence electrons. The molecule has 0 radical (unpaired) electrons. The molecule has 1 fully saturated rings. The van der Waals surface area contributed by atoms with E-state index in [0.29, 0.717) is 31.5 Å². The van der Waals surface area contributed by atoms with Gasteiger partial charge in [-0.15, -0.1) is 0 Å². The second kappa shape index (κ2) is 8.10. The molecule has 0 spiro atoms. The van der Waals surface area contributed by atoms with Gasteiger partial charge >= 0.3 is 0 Å². The molecule has 0 heterocycles. The number of rotatable bonds is 10. The van der Waals surface area contributed by atoms with E-state index < -0.39 is 6.10 Å². The van der Waals surface area contributed by atoms with Crippen molar-refractivity contribution in [3.8, 4) is 0 Å². The van der Waals surface area contributed by atoms with Crippen LogP contribution in [0.5, 0.6) is 0 Å². The number of nitrogens with one attached hydrogen (secondary N) is 1. The van der Waals surface area contributed by atoms with Gasteiger partial charge in [-0.05, 0) is 38.0 Å². The molecule has 0 aromatic rings. The highest BCUT2D eigenvalue weighted by atomic mass is 16.5. The van der Waals surface area contributed by atoms with Crippen LogP contribution in [-0.4, -0.2) is 48.2 Å². The summed E-state index contributed by atoms with van der Waals surface area (Å²) >= 11 is 0. The van der Waals surface area contributed by atoms with Gasteiger partial charge in [0, 0.05) is 13.1 Å². The molecular weight excluding hydrogens is 230 g/mol. The van der Waals surface area contributed by atoms with Crippen LogP contribution >= 0.6 is 0 Å². The Balaban J connectivity index is 1.97. The van der Waals surface area contributed by atoms with Crippen LogP contribution in [0.1, 0.15) is 40.0 Å². The molecule has 4 nitrogen and oxygen atoms in total. The van der Waals surface area contributed by atoms with Crippen molar-refractivity contribution in [2.75, 3.05) is 19.7 Å². The topological polar surface area (TPSA) is 61.7 Å². The first kappa shape index (κ1) is 15.9. The Labute approximate surface area is 111 Å². The van der Waals surface area contributed by atoms with Crippen molar-refractivity contribution in [2.24, 2.45) is 11.8 Å². The van der Waals surface area contributed by atoms with E-state index in [1.54, 1.807) is 0 Å². The van der Waals surface area contributed by atoms with Crippen LogP contribution in [0.3, 0.4) is 0 Å². The molecule has 0 aromatic heterocycles. The summed E-state index contributed by atoms with van der Waals surface area (Å²) in [5.41, 5.74) is 0. The van der Waals surface area contributed by atoms with Gasteiger partial charge in [0.05, 0.1) is 24.9 Å². The van der Waals surface area contributed by atoms with Crippen molar-refractivity contribution in [3.63, 3.8) is 0 Å². The van der Waals surface area contributed by atoms with Gasteiger partial charge in [0.2, 0.25) is 0 Å². The molecule has 0 bridgehead atoms. The lowest BCUT2D eigenvalue weighted by atomic mass is 10.1. The van der Waals surface area contributed by atoms with Gasteiger partial charge in [-0.3, -0.25) is 0 Å². The van der Waals surface area contributed by atoms with Crippen LogP contribution < -0.4 is 5.32 Å². The number of hydrogen-bond donors (Lipinski definition) is 3. The van der Waals surface area contributed by atoms with Crippen LogP contribution in [0.2, 0.25) is 0 Å². The third kappa shape index (κ3) is 7.31. The van der Waals surface area contributed by atoms with Crippen molar-refractivity contribution < 1.29 is 14.9 Å². The van der Waals surface area contributed by atoms with Crippen molar-refractivity contribution in [2.45, 2.75) is 58.3 Å². The maximum Gasteiger partial charge on any atom is 0.0897 e. The summed E-state index contributed by atoms with van der Waals surface area (Å²) in [4.78, 5) is 0. The van der Waals surface area contributed by atoms with E-state index in [0.717, 1.165) is 19.3 Å². The van der Waals surface area contributed by atoms with Crippen LogP contribution in [-0.2, 0) is 4.74 Å². The summed E-state index contributed by atoms with van der Waals surface area (Å²) in [6, 6.07) is 0. The molecule has 1 aliphatic rings. The molecule has 3 atom stereocenters. The zero-order chi connectivity index (χ0) is 13.5. The van der Waals surface area contributed by atoms with Gasteiger partial charge in [0.1, 0.15) is 0 Å². The largest absolute Gasteiger partial charge is 0.392 e. The van der Waals surface area contributed by atoms with Crippen LogP contribution in [0.25, 0.3) is 0 Å². The SMILES string of the molecule is CC(C)CC(C)OCC(O)CNCC(O)C1CC1. The van der Waals surface area contributed by atoms with Crippen LogP contribution in [0.15, 0.2) is 0 Å². The predicted molar refractivity (Wildman–Crippen MR) is 72.5 cm³/mol. The average molecular weight is 259 g/mol. The van der Waals surface area contributed by atoms with Gasteiger partial charge in [-0.2, -0.15) is 0 Å². The van der Waals surface area contributed by atoms with E-state index in [2.05, 4.69) is 19.2 Å². The summed E-state index contributed by atoms with van der Waals surface area (Å²) in [6.45, 7) is 7.78. The lowest BCUT2D eigenvalue weighted by molar-refractivity contribution is -0.00940. The average Bonchev–Trinajstić information content (AvgIpc) is 3.09. The Morgan fingerprint density at radius 2 is 1.83 bits per heavy atom. The summed E-state index contributed by atoms with van der Waals surface area (Å²) in [6.07, 6.45) is 2.74. The first-order chi connectivity index (χ1) is 8.49. The molecule has 0 aromatic carbocycles. The van der Waals surface area contributed by atoms with Gasteiger partial charge in [0.15, 0.2) is 0 Å². The Morgan fingerprint density at radius 3 is 2.39 bits per heavy atom. The van der Waals surface area contributed by atoms with Gasteiger partial charge in [-0.25, -0.2) is 0 Å². The first-order valence-corrected chi connectivity index (χ1v) is 7.17. The lowest BCUT2D eigenvalue weighted by Crippen LogP contribution is -2.36. The molecule has 1 rings (SSSR count). The highest BCUT2D eigenvalue weighted by molar-refractivity contribution is 4.82. The number of ether oxygens (including phenoxy) is 1. The zero-order valence-electron chi connectivity index (χ0n) is 11.9. The third-order valence-electron chi connectivity index (χ3n) is 3.28. The fourth-order valence-electron chi connectivity index (χ4n) is 2.11. The summed E-state index contributed by atoms with van der Waals surface area (Å²) in [5, 5.41) is 22.5. The van der Waals surface area contributed by atoms with E-state index >= 15 is 0 Å². The highest BCUT2D eigenvalue weighted by Crippen LogP contribution is 2.32. The Hall–Kier alpha value is -0.160. The van der Waals surface area contributed by atoms with E-state index in [-0.39, 0.29) is 12.2 Å². The van der Waals surface area contributed by atoms with Crippen LogP contribution in [0, 0.1) is 11.8 Å². The fourth-order valence-corrected chi connectivity index (χ4v) is 2.11. The van der Waals surface area contributed by atoms with Crippen molar-refractivity contribution in [1.29, 1.82) is 0 Å².